The predicted molar refractivity (Wildman–Crippen MR) is 82.5 cm³/mol. The first-order valence-corrected chi connectivity index (χ1v) is 8.03. The Morgan fingerprint density at radius 2 is 2.23 bits per heavy atom. The average molecular weight is 305 g/mol. The lowest BCUT2D eigenvalue weighted by molar-refractivity contribution is 0.0795. The van der Waals surface area contributed by atoms with Gasteiger partial charge in [-0.05, 0) is 19.3 Å². The minimum absolute atomic E-state index is 0.149. The van der Waals surface area contributed by atoms with E-state index in [1.807, 2.05) is 0 Å². The molecule has 2 aliphatic rings. The number of fused-ring (bicyclic) bond motifs is 1. The molecule has 0 spiro atoms. The van der Waals surface area contributed by atoms with E-state index in [1.54, 1.807) is 4.90 Å². The quantitative estimate of drug-likeness (QED) is 0.908. The van der Waals surface area contributed by atoms with Crippen LogP contribution in [0.2, 0.25) is 0 Å². The third kappa shape index (κ3) is 2.85. The van der Waals surface area contributed by atoms with E-state index >= 15 is 0 Å². The highest BCUT2D eigenvalue weighted by atomic mass is 16.3. The molecule has 22 heavy (non-hydrogen) atoms. The summed E-state index contributed by atoms with van der Waals surface area (Å²) >= 11 is 0. The fourth-order valence-corrected chi connectivity index (χ4v) is 2.95. The first-order valence-electron chi connectivity index (χ1n) is 8.03. The van der Waals surface area contributed by atoms with Crippen LogP contribution in [-0.2, 0) is 0 Å². The van der Waals surface area contributed by atoms with Crippen molar-refractivity contribution in [2.24, 2.45) is 10.7 Å². The van der Waals surface area contributed by atoms with Crippen LogP contribution in [0.25, 0.3) is 0 Å². The SMILES string of the molecule is CCCC(N)c1nc(C(=O)N2CCCN3CCCN=C32)co1. The van der Waals surface area contributed by atoms with E-state index in [1.165, 1.54) is 6.26 Å². The maximum absolute atomic E-state index is 12.7. The summed E-state index contributed by atoms with van der Waals surface area (Å²) in [7, 11) is 0. The summed E-state index contributed by atoms with van der Waals surface area (Å²) in [6.45, 7) is 5.44. The Hall–Kier alpha value is -1.89. The maximum Gasteiger partial charge on any atom is 0.282 e. The van der Waals surface area contributed by atoms with Crippen molar-refractivity contribution in [3.05, 3.63) is 17.8 Å². The van der Waals surface area contributed by atoms with Crippen LogP contribution in [0.3, 0.4) is 0 Å². The van der Waals surface area contributed by atoms with Crippen molar-refractivity contribution in [2.75, 3.05) is 26.2 Å². The summed E-state index contributed by atoms with van der Waals surface area (Å²) in [6, 6.07) is -0.253. The number of guanidine groups is 1. The molecule has 1 fully saturated rings. The summed E-state index contributed by atoms with van der Waals surface area (Å²) in [5.41, 5.74) is 6.31. The number of carbonyl (C=O) groups is 1. The fraction of sp³-hybridized carbons (Fsp3) is 0.667. The first kappa shape index (κ1) is 15.0. The van der Waals surface area contributed by atoms with Gasteiger partial charge in [-0.2, -0.15) is 0 Å². The Kier molecular flexibility index (Phi) is 4.42. The van der Waals surface area contributed by atoms with Gasteiger partial charge in [0.2, 0.25) is 11.9 Å². The second kappa shape index (κ2) is 6.48. The molecule has 1 atom stereocenters. The van der Waals surface area contributed by atoms with Crippen LogP contribution in [0, 0.1) is 0 Å². The van der Waals surface area contributed by atoms with Gasteiger partial charge in [0.1, 0.15) is 6.26 Å². The van der Waals surface area contributed by atoms with E-state index in [0.717, 1.165) is 51.3 Å². The Morgan fingerprint density at radius 3 is 3.05 bits per heavy atom. The van der Waals surface area contributed by atoms with Crippen molar-refractivity contribution in [3.8, 4) is 0 Å². The largest absolute Gasteiger partial charge is 0.446 e. The van der Waals surface area contributed by atoms with E-state index in [0.29, 0.717) is 18.1 Å². The fourth-order valence-electron chi connectivity index (χ4n) is 2.95. The smallest absolute Gasteiger partial charge is 0.282 e. The molecule has 1 aromatic heterocycles. The number of nitrogens with zero attached hydrogens (tertiary/aromatic N) is 4. The van der Waals surface area contributed by atoms with Crippen LogP contribution in [0.5, 0.6) is 0 Å². The highest BCUT2D eigenvalue weighted by molar-refractivity contribution is 6.05. The lowest BCUT2D eigenvalue weighted by Gasteiger charge is -2.39. The van der Waals surface area contributed by atoms with Crippen LogP contribution in [0.1, 0.15) is 55.0 Å². The number of aromatic nitrogens is 1. The average Bonchev–Trinajstić information content (AvgIpc) is 3.04. The zero-order valence-corrected chi connectivity index (χ0v) is 13.0. The molecule has 0 saturated carbocycles. The van der Waals surface area contributed by atoms with Gasteiger partial charge in [-0.25, -0.2) is 4.98 Å². The molecule has 0 bridgehead atoms. The zero-order valence-electron chi connectivity index (χ0n) is 13.0. The molecular weight excluding hydrogens is 282 g/mol. The molecule has 7 nitrogen and oxygen atoms in total. The van der Waals surface area contributed by atoms with Gasteiger partial charge < -0.3 is 15.1 Å². The van der Waals surface area contributed by atoms with Crippen molar-refractivity contribution < 1.29 is 9.21 Å². The lowest BCUT2D eigenvalue weighted by Crippen LogP contribution is -2.54. The van der Waals surface area contributed by atoms with Gasteiger partial charge in [-0.15, -0.1) is 0 Å². The molecule has 120 valence electrons. The lowest BCUT2D eigenvalue weighted by atomic mass is 10.2. The monoisotopic (exact) mass is 305 g/mol. The van der Waals surface area contributed by atoms with E-state index in [2.05, 4.69) is 21.8 Å². The van der Waals surface area contributed by atoms with Gasteiger partial charge in [0.25, 0.3) is 5.91 Å². The molecule has 1 amide bonds. The Morgan fingerprint density at radius 1 is 1.41 bits per heavy atom. The zero-order chi connectivity index (χ0) is 15.5. The summed E-state index contributed by atoms with van der Waals surface area (Å²) in [5.74, 6) is 1.07. The molecular formula is C15H23N5O2. The second-order valence-corrected chi connectivity index (χ2v) is 5.80. The number of hydrogen-bond donors (Lipinski definition) is 1. The van der Waals surface area contributed by atoms with Crippen molar-refractivity contribution in [3.63, 3.8) is 0 Å². The molecule has 0 radical (unpaired) electrons. The van der Waals surface area contributed by atoms with Crippen LogP contribution in [-0.4, -0.2) is 52.8 Å². The summed E-state index contributed by atoms with van der Waals surface area (Å²) < 4.78 is 5.39. The van der Waals surface area contributed by atoms with Gasteiger partial charge >= 0.3 is 0 Å². The standard InChI is InChI=1S/C15H23N5O2/c1-2-5-11(16)13-18-12(10-22-13)14(21)20-9-4-8-19-7-3-6-17-15(19)20/h10-11H,2-9,16H2,1H3. The predicted octanol–water partition coefficient (Wildman–Crippen LogP) is 1.38. The molecule has 1 unspecified atom stereocenters. The maximum atomic E-state index is 12.7. The van der Waals surface area contributed by atoms with Crippen molar-refractivity contribution in [1.82, 2.24) is 14.8 Å². The second-order valence-electron chi connectivity index (χ2n) is 5.80. The van der Waals surface area contributed by atoms with Crippen molar-refractivity contribution in [2.45, 2.75) is 38.6 Å². The molecule has 3 heterocycles. The van der Waals surface area contributed by atoms with Crippen LogP contribution >= 0.6 is 0 Å². The van der Waals surface area contributed by atoms with E-state index in [4.69, 9.17) is 10.2 Å². The van der Waals surface area contributed by atoms with Gasteiger partial charge in [0.15, 0.2) is 5.69 Å². The Balaban J connectivity index is 1.77. The van der Waals surface area contributed by atoms with Crippen LogP contribution < -0.4 is 5.73 Å². The van der Waals surface area contributed by atoms with Gasteiger partial charge in [0.05, 0.1) is 6.04 Å². The minimum atomic E-state index is -0.253. The molecule has 1 aromatic rings. The minimum Gasteiger partial charge on any atom is -0.446 e. The highest BCUT2D eigenvalue weighted by Gasteiger charge is 2.32. The molecule has 2 N–H and O–H groups in total. The normalized spacial score (nSPS) is 19.6. The summed E-state index contributed by atoms with van der Waals surface area (Å²) in [4.78, 5) is 25.4. The summed E-state index contributed by atoms with van der Waals surface area (Å²) in [6.07, 6.45) is 5.15. The van der Waals surface area contributed by atoms with Gasteiger partial charge in [-0.1, -0.05) is 13.3 Å². The molecule has 1 saturated heterocycles. The van der Waals surface area contributed by atoms with Gasteiger partial charge in [-0.3, -0.25) is 14.7 Å². The van der Waals surface area contributed by atoms with E-state index in [-0.39, 0.29) is 11.9 Å². The number of oxazole rings is 1. The first-order chi connectivity index (χ1) is 10.7. The number of hydrogen-bond acceptors (Lipinski definition) is 6. The van der Waals surface area contributed by atoms with Crippen molar-refractivity contribution in [1.29, 1.82) is 0 Å². The van der Waals surface area contributed by atoms with Crippen molar-refractivity contribution >= 4 is 11.9 Å². The Labute approximate surface area is 130 Å². The third-order valence-electron chi connectivity index (χ3n) is 4.08. The number of amides is 1. The van der Waals surface area contributed by atoms with Crippen LogP contribution in [0.15, 0.2) is 15.7 Å². The van der Waals surface area contributed by atoms with Gasteiger partial charge in [0, 0.05) is 26.2 Å². The number of rotatable bonds is 4. The summed E-state index contributed by atoms with van der Waals surface area (Å²) in [5, 5.41) is 0. The Bertz CT molecular complexity index is 568. The number of carbonyl (C=O) groups excluding carboxylic acids is 1. The molecule has 7 heteroatoms. The number of nitrogens with two attached hydrogens (primary N) is 1. The molecule has 2 aliphatic heterocycles. The molecule has 3 rings (SSSR count). The molecule has 0 aliphatic carbocycles. The molecule has 0 aromatic carbocycles. The topological polar surface area (TPSA) is 88.0 Å². The van der Waals surface area contributed by atoms with Crippen LogP contribution in [0.4, 0.5) is 0 Å². The number of aliphatic imine (C=N–C) groups is 1. The third-order valence-corrected chi connectivity index (χ3v) is 4.08. The highest BCUT2D eigenvalue weighted by Crippen LogP contribution is 2.19. The van der Waals surface area contributed by atoms with E-state index < -0.39 is 0 Å². The van der Waals surface area contributed by atoms with E-state index in [9.17, 15) is 4.79 Å².